The van der Waals surface area contributed by atoms with Crippen molar-refractivity contribution in [1.82, 2.24) is 28.1 Å². The van der Waals surface area contributed by atoms with Gasteiger partial charge >= 0.3 is 0 Å². The highest BCUT2D eigenvalue weighted by atomic mass is 35.5. The number of hydrogen-bond donors (Lipinski definition) is 8. The third-order valence-corrected chi connectivity index (χ3v) is 17.1. The van der Waals surface area contributed by atoms with E-state index in [0.29, 0.717) is 64.6 Å². The highest BCUT2D eigenvalue weighted by Crippen LogP contribution is 2.46. The lowest BCUT2D eigenvalue weighted by atomic mass is 10.2. The number of thiazole rings is 1. The molecule has 472 valence electrons. The Hall–Kier alpha value is -6.58. The van der Waals surface area contributed by atoms with Crippen LogP contribution in [0.25, 0.3) is 10.9 Å². The largest absolute Gasteiger partial charge is 0.506 e. The van der Waals surface area contributed by atoms with E-state index in [9.17, 15) is 34.8 Å². The topological polar surface area (TPSA) is 389 Å². The average molecular weight is 1480 g/mol. The van der Waals surface area contributed by atoms with Crippen LogP contribution in [0.1, 0.15) is 47.5 Å². The number of nitrogens with two attached hydrogens (primary N) is 1. The van der Waals surface area contributed by atoms with Crippen LogP contribution in [-0.4, -0.2) is 77.7 Å². The number of nitrogens with zero attached hydrogens (tertiary/aromatic N) is 14. The summed E-state index contributed by atoms with van der Waals surface area (Å²) in [7, 11) is 0. The SMILES string of the molecule is CC(=O)Nc1cc(N=Nc2snc3ccc(SOON)cc23)c(Cl)c(Cl)c1O.CCC(=O)Nc1cc(N=Nc2nccs2)cc(Cl)c1O.CCSc1nsc(N=Nc2cc(Cl)c(O)c(NC(=O)CC)c2)n1.CCSc1nsc(N=Nc2cc(Cl)c(O)cc2Cl)n1. The van der Waals surface area contributed by atoms with Crippen LogP contribution in [0.4, 0.5) is 60.2 Å². The molecule has 0 unspecified atom stereocenters. The Bertz CT molecular complexity index is 4090. The molecule has 90 heavy (non-hydrogen) atoms. The number of azo groups is 4. The zero-order chi connectivity index (χ0) is 65.4. The number of nitrogens with one attached hydrogen (secondary N) is 3. The van der Waals surface area contributed by atoms with Gasteiger partial charge in [-0.05, 0) is 77.6 Å². The summed E-state index contributed by atoms with van der Waals surface area (Å²) in [5.41, 5.74) is 2.52. The number of rotatable bonds is 20. The van der Waals surface area contributed by atoms with Crippen molar-refractivity contribution in [2.24, 2.45) is 46.8 Å². The highest BCUT2D eigenvalue weighted by molar-refractivity contribution is 7.99. The van der Waals surface area contributed by atoms with E-state index >= 15 is 0 Å². The van der Waals surface area contributed by atoms with Crippen LogP contribution in [-0.2, 0) is 23.7 Å². The van der Waals surface area contributed by atoms with E-state index in [1.165, 1.54) is 84.2 Å². The maximum atomic E-state index is 11.5. The summed E-state index contributed by atoms with van der Waals surface area (Å²) in [5, 5.41) is 84.8. The molecule has 40 heteroatoms. The molecule has 5 aromatic carbocycles. The molecule has 4 aromatic heterocycles. The lowest BCUT2D eigenvalue weighted by Gasteiger charge is -2.09. The first-order valence-corrected chi connectivity index (χ1v) is 33.2. The molecule has 9 N–H and O–H groups in total. The number of anilines is 3. The molecule has 9 aromatic rings. The molecule has 27 nitrogen and oxygen atoms in total. The molecular weight excluding hydrogens is 1430 g/mol. The van der Waals surface area contributed by atoms with Crippen LogP contribution < -0.4 is 21.8 Å². The van der Waals surface area contributed by atoms with Gasteiger partial charge in [0.2, 0.25) is 43.4 Å². The number of aromatic hydroxyl groups is 4. The zero-order valence-corrected chi connectivity index (χ0v) is 56.8. The van der Waals surface area contributed by atoms with E-state index < -0.39 is 5.91 Å². The van der Waals surface area contributed by atoms with Crippen molar-refractivity contribution in [2.45, 2.75) is 62.7 Å². The molecule has 0 aliphatic rings. The van der Waals surface area contributed by atoms with Gasteiger partial charge in [0.05, 0.1) is 71.1 Å². The first-order chi connectivity index (χ1) is 43.1. The number of hydrogen-bond acceptors (Lipinski definition) is 31. The summed E-state index contributed by atoms with van der Waals surface area (Å²) in [6, 6.07) is 15.3. The normalized spacial score (nSPS) is 11.2. The molecule has 0 bridgehead atoms. The fraction of sp³-hybridized carbons (Fsp3) is 0.180. The maximum absolute atomic E-state index is 11.5. The number of thioether (sulfide) groups is 2. The quantitative estimate of drug-likeness (QED) is 0.00877. The predicted molar refractivity (Wildman–Crippen MR) is 358 cm³/mol. The Morgan fingerprint density at radius 1 is 0.589 bits per heavy atom. The standard InChI is InChI=1S/C15H11Cl2N5O4S2.C13H14ClN5O2S2.C12H11ClN4O2S.C10H8Cl2N4OS2/c1-6(23)19-11-5-10(12(16)13(17)14(11)24)20-21-15-8-4-7(28-26-25-18)2-3-9(8)22-27-15;1-3-10(20)15-9-6-7(5-8(14)11(9)21)17-18-12-16-13(19-23-12)22-4-2;1-2-10(18)15-9-6-7(5-8(13)11(9)19)16-17-12-14-3-4-20-12;1-2-18-10-13-9(19-16-10)15-14-7-3-6(12)8(17)4-5(7)11/h2-5,24H,18H2,1H3,(H,19,23);5-6,21H,3-4H2,1-2H3,(H,15,20);3-6,19H,2H2,1H3,(H,15,18);3-4,17H,2H2,1H3. The van der Waals surface area contributed by atoms with E-state index in [-0.39, 0.29) is 94.1 Å². The van der Waals surface area contributed by atoms with E-state index in [2.05, 4.69) is 94.3 Å². The Morgan fingerprint density at radius 3 is 1.68 bits per heavy atom. The number of benzene rings is 5. The predicted octanol–water partition coefficient (Wildman–Crippen LogP) is 19.6. The minimum absolute atomic E-state index is 0.00409. The van der Waals surface area contributed by atoms with E-state index in [0.717, 1.165) is 63.5 Å². The molecule has 0 aliphatic carbocycles. The fourth-order valence-corrected chi connectivity index (χ4v) is 11.2. The Balaban J connectivity index is 0.000000193. The van der Waals surface area contributed by atoms with Gasteiger partial charge in [0.1, 0.15) is 22.1 Å². The summed E-state index contributed by atoms with van der Waals surface area (Å²) >= 11 is 44.4. The van der Waals surface area contributed by atoms with Crippen molar-refractivity contribution < 1.29 is 44.1 Å². The van der Waals surface area contributed by atoms with Crippen LogP contribution in [0.3, 0.4) is 0 Å². The third kappa shape index (κ3) is 22.1. The van der Waals surface area contributed by atoms with Gasteiger partial charge in [0.25, 0.3) is 0 Å². The number of carbonyl (C=O) groups is 3. The average Bonchev–Trinajstić information content (AvgIpc) is 1.85. The molecule has 0 atom stereocenters. The van der Waals surface area contributed by atoms with E-state index in [1.807, 2.05) is 13.8 Å². The smallest absolute Gasteiger partial charge is 0.250 e. The maximum Gasteiger partial charge on any atom is 0.250 e. The molecule has 0 saturated heterocycles. The molecule has 0 saturated carbocycles. The van der Waals surface area contributed by atoms with Crippen LogP contribution in [0.15, 0.2) is 128 Å². The lowest BCUT2D eigenvalue weighted by molar-refractivity contribution is -0.195. The Morgan fingerprint density at radius 2 is 1.14 bits per heavy atom. The second-order valence-electron chi connectivity index (χ2n) is 16.4. The van der Waals surface area contributed by atoms with Gasteiger partial charge in [0, 0.05) is 70.8 Å². The number of carbonyl (C=O) groups excluding carboxylic acids is 3. The van der Waals surface area contributed by atoms with Gasteiger partial charge < -0.3 is 36.4 Å². The molecule has 0 fully saturated rings. The summed E-state index contributed by atoms with van der Waals surface area (Å²) in [6.07, 6.45) is 2.20. The lowest BCUT2D eigenvalue weighted by Crippen LogP contribution is -2.09. The fourth-order valence-electron chi connectivity index (χ4n) is 6.13. The Labute approximate surface area is 569 Å². The first kappa shape index (κ1) is 72.5. The zero-order valence-electron chi connectivity index (χ0n) is 46.6. The van der Waals surface area contributed by atoms with Crippen LogP contribution >= 0.6 is 151 Å². The van der Waals surface area contributed by atoms with Crippen LogP contribution in [0.2, 0.25) is 30.1 Å². The van der Waals surface area contributed by atoms with Crippen molar-refractivity contribution in [2.75, 3.05) is 27.5 Å². The Kier molecular flexibility index (Phi) is 29.4. The van der Waals surface area contributed by atoms with Crippen molar-refractivity contribution in [3.8, 4) is 23.0 Å². The van der Waals surface area contributed by atoms with Crippen LogP contribution in [0.5, 0.6) is 23.0 Å². The minimum atomic E-state index is -0.390. The van der Waals surface area contributed by atoms with Gasteiger partial charge in [0.15, 0.2) is 22.2 Å². The van der Waals surface area contributed by atoms with E-state index in [1.54, 1.807) is 43.6 Å². The second kappa shape index (κ2) is 36.5. The van der Waals surface area contributed by atoms with Gasteiger partial charge in [-0.15, -0.1) is 61.6 Å². The monoisotopic (exact) mass is 1470 g/mol. The number of phenols is 4. The minimum Gasteiger partial charge on any atom is -0.506 e. The van der Waals surface area contributed by atoms with Gasteiger partial charge in [-0.3, -0.25) is 14.4 Å². The second-order valence-corrected chi connectivity index (χ2v) is 25.1. The summed E-state index contributed by atoms with van der Waals surface area (Å²) in [5.74, 6) is 4.90. The van der Waals surface area contributed by atoms with Crippen molar-refractivity contribution in [3.63, 3.8) is 0 Å². The van der Waals surface area contributed by atoms with Gasteiger partial charge in [-0.1, -0.05) is 121 Å². The summed E-state index contributed by atoms with van der Waals surface area (Å²) < 4.78 is 17.2. The molecule has 0 aliphatic heterocycles. The van der Waals surface area contributed by atoms with E-state index in [4.69, 9.17) is 75.5 Å². The number of fused-ring (bicyclic) bond motifs is 1. The number of phenolic OH excluding ortho intramolecular Hbond substituents is 4. The summed E-state index contributed by atoms with van der Waals surface area (Å²) in [4.78, 5) is 51.2. The molecule has 3 amide bonds. The first-order valence-electron chi connectivity index (χ1n) is 25.0. The third-order valence-electron chi connectivity index (χ3n) is 10.1. The molecule has 9 rings (SSSR count). The number of aromatic nitrogens is 6. The van der Waals surface area contributed by atoms with Crippen LogP contribution in [0, 0.1) is 0 Å². The van der Waals surface area contributed by atoms with Crippen molar-refractivity contribution >= 4 is 240 Å². The number of amides is 3. The molecule has 0 spiro atoms. The van der Waals surface area contributed by atoms with Crippen molar-refractivity contribution in [1.29, 1.82) is 0 Å². The molecule has 4 heterocycles. The highest BCUT2D eigenvalue weighted by Gasteiger charge is 2.18. The summed E-state index contributed by atoms with van der Waals surface area (Å²) in [6.45, 7) is 8.74. The molecule has 0 radical (unpaired) electrons. The molecular formula is C50H44Cl6N18O9S7. The van der Waals surface area contributed by atoms with Gasteiger partial charge in [-0.25, -0.2) is 4.98 Å². The van der Waals surface area contributed by atoms with Crippen molar-refractivity contribution in [3.05, 3.63) is 102 Å². The van der Waals surface area contributed by atoms with Gasteiger partial charge in [-0.2, -0.15) is 29.0 Å². The number of halogens is 6.